The van der Waals surface area contributed by atoms with E-state index in [4.69, 9.17) is 11.5 Å². The maximum atomic E-state index is 12.4. The van der Waals surface area contributed by atoms with Crippen molar-refractivity contribution in [3.05, 3.63) is 9.39 Å². The molecule has 0 atom stereocenters. The summed E-state index contributed by atoms with van der Waals surface area (Å²) in [7, 11) is 0. The van der Waals surface area contributed by atoms with Gasteiger partial charge in [0.15, 0.2) is 23.3 Å². The highest BCUT2D eigenvalue weighted by Crippen LogP contribution is 2.25. The van der Waals surface area contributed by atoms with Crippen LogP contribution in [0.1, 0.15) is 30.3 Å². The second kappa shape index (κ2) is 6.61. The lowest BCUT2D eigenvalue weighted by molar-refractivity contribution is -0.130. The number of amides is 2. The zero-order valence-corrected chi connectivity index (χ0v) is 15.8. The van der Waals surface area contributed by atoms with E-state index in [-0.39, 0.29) is 28.8 Å². The Morgan fingerprint density at radius 3 is 2.56 bits per heavy atom. The van der Waals surface area contributed by atoms with E-state index in [1.165, 1.54) is 0 Å². The summed E-state index contributed by atoms with van der Waals surface area (Å²) in [5.41, 5.74) is 11.1. The van der Waals surface area contributed by atoms with Crippen LogP contribution in [-0.2, 0) is 4.79 Å². The van der Waals surface area contributed by atoms with Gasteiger partial charge in [-0.1, -0.05) is 0 Å². The summed E-state index contributed by atoms with van der Waals surface area (Å²) < 4.78 is 0.409. The zero-order valence-electron chi connectivity index (χ0n) is 13.7. The molecule has 2 aliphatic rings. The fourth-order valence-corrected chi connectivity index (χ4v) is 3.30. The van der Waals surface area contributed by atoms with E-state index in [1.54, 1.807) is 6.92 Å². The first kappa shape index (κ1) is 17.6. The largest absolute Gasteiger partial charge is 0.382 e. The molecular formula is C14H19IN8O2. The highest BCUT2D eigenvalue weighted by atomic mass is 127. The molecule has 0 saturated carbocycles. The van der Waals surface area contributed by atoms with Crippen molar-refractivity contribution < 1.29 is 9.59 Å². The normalized spacial score (nSPS) is 18.6. The molecule has 0 unspecified atom stereocenters. The van der Waals surface area contributed by atoms with Crippen LogP contribution in [0.2, 0.25) is 0 Å². The number of carbonyl (C=O) groups excluding carboxylic acids is 2. The first-order chi connectivity index (χ1) is 11.8. The van der Waals surface area contributed by atoms with Gasteiger partial charge >= 0.3 is 0 Å². The molecule has 134 valence electrons. The van der Waals surface area contributed by atoms with Crippen molar-refractivity contribution in [1.82, 2.24) is 25.5 Å². The summed E-state index contributed by atoms with van der Waals surface area (Å²) in [6.07, 6.45) is 1.55. The Kier molecular flexibility index (Phi) is 4.67. The molecule has 0 aliphatic carbocycles. The van der Waals surface area contributed by atoms with E-state index in [2.05, 4.69) is 25.6 Å². The number of nitrogens with one attached hydrogen (secondary N) is 2. The topological polar surface area (TPSA) is 152 Å². The molecule has 1 aromatic heterocycles. The van der Waals surface area contributed by atoms with Crippen LogP contribution in [0, 0.1) is 3.70 Å². The van der Waals surface area contributed by atoms with E-state index in [0.29, 0.717) is 29.3 Å². The number of halogens is 1. The van der Waals surface area contributed by atoms with Gasteiger partial charge in [-0.25, -0.2) is 9.97 Å². The maximum Gasteiger partial charge on any atom is 0.280 e. The van der Waals surface area contributed by atoms with Crippen LogP contribution in [0.25, 0.3) is 0 Å². The number of nitrogens with two attached hydrogens (primary N) is 2. The molecule has 2 aliphatic heterocycles. The Balaban J connectivity index is 1.63. The third-order valence-electron chi connectivity index (χ3n) is 4.44. The lowest BCUT2D eigenvalue weighted by Gasteiger charge is -2.38. The second-order valence-corrected chi connectivity index (χ2v) is 7.19. The minimum Gasteiger partial charge on any atom is -0.382 e. The van der Waals surface area contributed by atoms with Gasteiger partial charge in [-0.2, -0.15) is 0 Å². The second-order valence-electron chi connectivity index (χ2n) is 6.16. The number of nitrogen functional groups attached to an aromatic ring is 2. The van der Waals surface area contributed by atoms with Crippen molar-refractivity contribution in [3.8, 4) is 0 Å². The van der Waals surface area contributed by atoms with Crippen LogP contribution in [0.5, 0.6) is 0 Å². The van der Waals surface area contributed by atoms with Crippen molar-refractivity contribution in [2.75, 3.05) is 31.1 Å². The number of rotatable bonds is 1. The first-order valence-electron chi connectivity index (χ1n) is 7.78. The van der Waals surface area contributed by atoms with Crippen molar-refractivity contribution in [1.29, 1.82) is 0 Å². The monoisotopic (exact) mass is 458 g/mol. The number of anilines is 2. The van der Waals surface area contributed by atoms with Gasteiger partial charge in [-0.05, 0) is 35.4 Å². The Morgan fingerprint density at radius 2 is 1.92 bits per heavy atom. The van der Waals surface area contributed by atoms with Crippen LogP contribution in [0.4, 0.5) is 11.6 Å². The highest BCUT2D eigenvalue weighted by Gasteiger charge is 2.39. The Hall–Kier alpha value is -2.18. The number of aliphatic imine (C=N–C) groups is 1. The van der Waals surface area contributed by atoms with E-state index < -0.39 is 5.91 Å². The number of hydrogen-bond donors (Lipinski definition) is 4. The average Bonchev–Trinajstić information content (AvgIpc) is 2.93. The number of aromatic nitrogens is 2. The highest BCUT2D eigenvalue weighted by molar-refractivity contribution is 14.1. The summed E-state index contributed by atoms with van der Waals surface area (Å²) in [6, 6.07) is 0. The number of carbonyl (C=O) groups is 2. The number of piperidine rings is 1. The predicted octanol–water partition coefficient (Wildman–Crippen LogP) is -0.684. The molecule has 1 spiro atoms. The van der Waals surface area contributed by atoms with Gasteiger partial charge in [-0.3, -0.25) is 19.9 Å². The van der Waals surface area contributed by atoms with Crippen LogP contribution in [0.3, 0.4) is 0 Å². The minimum absolute atomic E-state index is 0.00967. The molecular weight excluding hydrogens is 439 g/mol. The lowest BCUT2D eigenvalue weighted by atomic mass is 9.88. The molecule has 10 nitrogen and oxygen atoms in total. The molecule has 6 N–H and O–H groups in total. The van der Waals surface area contributed by atoms with Crippen LogP contribution < -0.4 is 22.1 Å². The fourth-order valence-electron chi connectivity index (χ4n) is 2.94. The SMILES string of the molecule is CC(=O)N1CCC2(CC1)CN=C(NC(=O)c1nc(I)c(N)nc1N)N2. The molecule has 11 heteroatoms. The number of hydrogen-bond acceptors (Lipinski definition) is 8. The van der Waals surface area contributed by atoms with Crippen molar-refractivity contribution in [2.24, 2.45) is 4.99 Å². The summed E-state index contributed by atoms with van der Waals surface area (Å²) in [6.45, 7) is 3.47. The minimum atomic E-state index is -0.493. The Morgan fingerprint density at radius 1 is 1.24 bits per heavy atom. The quantitative estimate of drug-likeness (QED) is 0.407. The Labute approximate surface area is 158 Å². The van der Waals surface area contributed by atoms with E-state index in [0.717, 1.165) is 12.8 Å². The smallest absolute Gasteiger partial charge is 0.280 e. The van der Waals surface area contributed by atoms with Crippen LogP contribution in [-0.4, -0.2) is 57.8 Å². The molecule has 1 aromatic rings. The van der Waals surface area contributed by atoms with Crippen molar-refractivity contribution in [3.63, 3.8) is 0 Å². The summed E-state index contributed by atoms with van der Waals surface area (Å²) in [5.74, 6) is 0.122. The standard InChI is InChI=1S/C14H19IN8O2/c1-7(24)23-4-2-14(3-5-23)6-18-13(22-14)21-12(25)8-10(16)20-11(17)9(15)19-8/h2-6H2,1H3,(H4,16,17,20)(H2,18,21,22,25). The van der Waals surface area contributed by atoms with E-state index in [9.17, 15) is 9.59 Å². The molecule has 0 aromatic carbocycles. The number of likely N-dealkylation sites (tertiary alicyclic amines) is 1. The van der Waals surface area contributed by atoms with Crippen LogP contribution in [0.15, 0.2) is 4.99 Å². The molecule has 0 radical (unpaired) electrons. The molecule has 3 heterocycles. The average molecular weight is 458 g/mol. The molecule has 25 heavy (non-hydrogen) atoms. The fraction of sp³-hybridized carbons (Fsp3) is 0.500. The van der Waals surface area contributed by atoms with E-state index >= 15 is 0 Å². The predicted molar refractivity (Wildman–Crippen MR) is 101 cm³/mol. The molecule has 3 rings (SSSR count). The zero-order chi connectivity index (χ0) is 18.2. The Bertz CT molecular complexity index is 757. The van der Waals surface area contributed by atoms with Gasteiger partial charge in [-0.15, -0.1) is 0 Å². The molecule has 1 saturated heterocycles. The summed E-state index contributed by atoms with van der Waals surface area (Å²) in [5, 5.41) is 5.96. The van der Waals surface area contributed by atoms with Crippen molar-refractivity contribution in [2.45, 2.75) is 25.3 Å². The van der Waals surface area contributed by atoms with Gasteiger partial charge < -0.3 is 21.7 Å². The third kappa shape index (κ3) is 3.60. The summed E-state index contributed by atoms with van der Waals surface area (Å²) in [4.78, 5) is 38.0. The lowest BCUT2D eigenvalue weighted by Crippen LogP contribution is -2.56. The molecule has 1 fully saturated rings. The summed E-state index contributed by atoms with van der Waals surface area (Å²) >= 11 is 1.89. The number of nitrogens with zero attached hydrogens (tertiary/aromatic N) is 4. The van der Waals surface area contributed by atoms with Gasteiger partial charge in [0.05, 0.1) is 12.1 Å². The molecule has 0 bridgehead atoms. The van der Waals surface area contributed by atoms with Gasteiger partial charge in [0.1, 0.15) is 3.70 Å². The third-order valence-corrected chi connectivity index (χ3v) is 5.23. The van der Waals surface area contributed by atoms with Crippen molar-refractivity contribution >= 4 is 52.0 Å². The van der Waals surface area contributed by atoms with Crippen LogP contribution >= 0.6 is 22.6 Å². The van der Waals surface area contributed by atoms with Gasteiger partial charge in [0.25, 0.3) is 5.91 Å². The first-order valence-corrected chi connectivity index (χ1v) is 8.85. The maximum absolute atomic E-state index is 12.4. The number of guanidine groups is 1. The van der Waals surface area contributed by atoms with Gasteiger partial charge in [0, 0.05) is 20.0 Å². The van der Waals surface area contributed by atoms with Gasteiger partial charge in [0.2, 0.25) is 5.91 Å². The molecule has 2 amide bonds. The van der Waals surface area contributed by atoms with E-state index in [1.807, 2.05) is 27.5 Å².